The summed E-state index contributed by atoms with van der Waals surface area (Å²) in [5, 5.41) is 4.34. The van der Waals surface area contributed by atoms with E-state index in [1.165, 1.54) is 6.20 Å². The van der Waals surface area contributed by atoms with E-state index in [9.17, 15) is 4.79 Å². The number of benzene rings is 1. The van der Waals surface area contributed by atoms with Gasteiger partial charge in [-0.2, -0.15) is 0 Å². The van der Waals surface area contributed by atoms with E-state index in [4.69, 9.17) is 16.3 Å². The fourth-order valence-electron chi connectivity index (χ4n) is 2.57. The van der Waals surface area contributed by atoms with Crippen molar-refractivity contribution < 1.29 is 9.53 Å². The lowest BCUT2D eigenvalue weighted by Gasteiger charge is -2.32. The van der Waals surface area contributed by atoms with E-state index in [0.29, 0.717) is 34.7 Å². The van der Waals surface area contributed by atoms with Crippen molar-refractivity contribution in [3.8, 4) is 5.75 Å². The summed E-state index contributed by atoms with van der Waals surface area (Å²) in [6.07, 6.45) is 3.56. The predicted molar refractivity (Wildman–Crippen MR) is 85.5 cm³/mol. The molecular formula is C15H16ClN3O2S. The molecule has 1 saturated heterocycles. The molecule has 5 nitrogen and oxygen atoms in total. The smallest absolute Gasteiger partial charge is 0.267 e. The maximum atomic E-state index is 12.3. The van der Waals surface area contributed by atoms with Crippen LogP contribution < -0.4 is 4.74 Å². The minimum absolute atomic E-state index is 0.0115. The summed E-state index contributed by atoms with van der Waals surface area (Å²) in [6.45, 7) is 2.04. The second-order valence-corrected chi connectivity index (χ2v) is 6.48. The Bertz CT molecular complexity index is 635. The maximum Gasteiger partial charge on any atom is 0.267 e. The Morgan fingerprint density at radius 2 is 2.32 bits per heavy atom. The van der Waals surface area contributed by atoms with Crippen molar-refractivity contribution in [2.24, 2.45) is 5.92 Å². The standard InChI is InChI=1S/C15H16ClN3O2S/c16-12-5-1-2-6-13(12)21-10-11-4-3-7-19(9-11)15(20)14-8-17-18-22-14/h1-2,5-6,8,11H,3-4,7,9-10H2/t11-/m1/s1. The molecule has 1 fully saturated rings. The lowest BCUT2D eigenvalue weighted by atomic mass is 9.99. The number of nitrogens with zero attached hydrogens (tertiary/aromatic N) is 3. The molecule has 0 saturated carbocycles. The van der Waals surface area contributed by atoms with Crippen molar-refractivity contribution in [3.63, 3.8) is 0 Å². The Balaban J connectivity index is 1.57. The highest BCUT2D eigenvalue weighted by molar-refractivity contribution is 7.07. The fourth-order valence-corrected chi connectivity index (χ4v) is 3.25. The summed E-state index contributed by atoms with van der Waals surface area (Å²) < 4.78 is 9.55. The topological polar surface area (TPSA) is 55.3 Å². The molecule has 1 aromatic heterocycles. The van der Waals surface area contributed by atoms with Crippen molar-refractivity contribution in [3.05, 3.63) is 40.4 Å². The normalized spacial score (nSPS) is 18.2. The van der Waals surface area contributed by atoms with Gasteiger partial charge in [0, 0.05) is 19.0 Å². The van der Waals surface area contributed by atoms with Crippen LogP contribution in [0.15, 0.2) is 30.5 Å². The number of aromatic nitrogens is 2. The Morgan fingerprint density at radius 1 is 1.45 bits per heavy atom. The minimum atomic E-state index is 0.0115. The van der Waals surface area contributed by atoms with Crippen LogP contribution in [-0.4, -0.2) is 40.1 Å². The molecule has 0 spiro atoms. The van der Waals surface area contributed by atoms with Crippen LogP contribution >= 0.6 is 23.1 Å². The van der Waals surface area contributed by atoms with Crippen molar-refractivity contribution in [1.82, 2.24) is 14.5 Å². The molecule has 22 heavy (non-hydrogen) atoms. The Kier molecular flexibility index (Phi) is 4.90. The van der Waals surface area contributed by atoms with Gasteiger partial charge in [-0.15, -0.1) is 5.10 Å². The summed E-state index contributed by atoms with van der Waals surface area (Å²) in [5.41, 5.74) is 0. The second kappa shape index (κ2) is 7.07. The van der Waals surface area contributed by atoms with Gasteiger partial charge in [-0.1, -0.05) is 28.2 Å². The summed E-state index contributed by atoms with van der Waals surface area (Å²) in [5.74, 6) is 1.02. The molecule has 1 aliphatic rings. The van der Waals surface area contributed by atoms with Crippen LogP contribution in [0.25, 0.3) is 0 Å². The molecule has 0 aliphatic carbocycles. The van der Waals surface area contributed by atoms with Crippen LogP contribution in [0.2, 0.25) is 5.02 Å². The van der Waals surface area contributed by atoms with Gasteiger partial charge in [0.1, 0.15) is 10.6 Å². The number of likely N-dealkylation sites (tertiary alicyclic amines) is 1. The summed E-state index contributed by atoms with van der Waals surface area (Å²) in [6, 6.07) is 7.44. The van der Waals surface area contributed by atoms with Gasteiger partial charge in [0.25, 0.3) is 5.91 Å². The van der Waals surface area contributed by atoms with Crippen LogP contribution in [0.3, 0.4) is 0 Å². The van der Waals surface area contributed by atoms with Crippen molar-refractivity contribution in [2.45, 2.75) is 12.8 Å². The van der Waals surface area contributed by atoms with Crippen LogP contribution in [0.5, 0.6) is 5.75 Å². The summed E-state index contributed by atoms with van der Waals surface area (Å²) in [7, 11) is 0. The molecule has 7 heteroatoms. The van der Waals surface area contributed by atoms with Crippen molar-refractivity contribution in [1.29, 1.82) is 0 Å². The molecule has 2 heterocycles. The lowest BCUT2D eigenvalue weighted by molar-refractivity contribution is 0.0638. The molecule has 0 radical (unpaired) electrons. The molecule has 1 amide bonds. The third kappa shape index (κ3) is 3.56. The number of carbonyl (C=O) groups excluding carboxylic acids is 1. The van der Waals surface area contributed by atoms with Gasteiger partial charge in [-0.3, -0.25) is 4.79 Å². The van der Waals surface area contributed by atoms with E-state index in [-0.39, 0.29) is 5.91 Å². The van der Waals surface area contributed by atoms with Crippen LogP contribution in [0.1, 0.15) is 22.5 Å². The maximum absolute atomic E-state index is 12.3. The molecule has 1 atom stereocenters. The predicted octanol–water partition coefficient (Wildman–Crippen LogP) is 3.12. The Morgan fingerprint density at radius 3 is 3.09 bits per heavy atom. The van der Waals surface area contributed by atoms with Gasteiger partial charge in [0.05, 0.1) is 17.8 Å². The number of piperidine rings is 1. The third-order valence-electron chi connectivity index (χ3n) is 3.69. The first-order chi connectivity index (χ1) is 10.7. The molecule has 1 aromatic carbocycles. The zero-order chi connectivity index (χ0) is 15.4. The number of ether oxygens (including phenoxy) is 1. The van der Waals surface area contributed by atoms with Crippen LogP contribution in [0.4, 0.5) is 0 Å². The Hall–Kier alpha value is -1.66. The van der Waals surface area contributed by atoms with E-state index < -0.39 is 0 Å². The molecule has 1 aliphatic heterocycles. The molecule has 0 bridgehead atoms. The number of hydrogen-bond donors (Lipinski definition) is 0. The third-order valence-corrected chi connectivity index (χ3v) is 4.65. The molecule has 3 rings (SSSR count). The quantitative estimate of drug-likeness (QED) is 0.860. The molecular weight excluding hydrogens is 322 g/mol. The zero-order valence-corrected chi connectivity index (χ0v) is 13.5. The monoisotopic (exact) mass is 337 g/mol. The highest BCUT2D eigenvalue weighted by Gasteiger charge is 2.26. The van der Waals surface area contributed by atoms with Crippen molar-refractivity contribution >= 4 is 29.0 Å². The van der Waals surface area contributed by atoms with E-state index in [2.05, 4.69) is 9.59 Å². The van der Waals surface area contributed by atoms with E-state index in [1.807, 2.05) is 29.2 Å². The molecule has 2 aromatic rings. The highest BCUT2D eigenvalue weighted by atomic mass is 35.5. The van der Waals surface area contributed by atoms with E-state index in [1.54, 1.807) is 0 Å². The first-order valence-corrected chi connectivity index (χ1v) is 8.33. The fraction of sp³-hybridized carbons (Fsp3) is 0.400. The van der Waals surface area contributed by atoms with Gasteiger partial charge in [-0.25, -0.2) is 0 Å². The second-order valence-electron chi connectivity index (χ2n) is 5.28. The van der Waals surface area contributed by atoms with Gasteiger partial charge >= 0.3 is 0 Å². The largest absolute Gasteiger partial charge is 0.492 e. The molecule has 0 N–H and O–H groups in total. The number of amides is 1. The first-order valence-electron chi connectivity index (χ1n) is 7.18. The van der Waals surface area contributed by atoms with Crippen molar-refractivity contribution in [2.75, 3.05) is 19.7 Å². The van der Waals surface area contributed by atoms with Crippen LogP contribution in [-0.2, 0) is 0 Å². The first kappa shape index (κ1) is 15.2. The zero-order valence-electron chi connectivity index (χ0n) is 11.9. The van der Waals surface area contributed by atoms with Gasteiger partial charge < -0.3 is 9.64 Å². The highest BCUT2D eigenvalue weighted by Crippen LogP contribution is 2.25. The number of halogens is 1. The van der Waals surface area contributed by atoms with E-state index >= 15 is 0 Å². The summed E-state index contributed by atoms with van der Waals surface area (Å²) in [4.78, 5) is 14.8. The molecule has 116 valence electrons. The minimum Gasteiger partial charge on any atom is -0.492 e. The van der Waals surface area contributed by atoms with Gasteiger partial charge in [0.2, 0.25) is 0 Å². The van der Waals surface area contributed by atoms with Gasteiger partial charge in [-0.05, 0) is 36.5 Å². The van der Waals surface area contributed by atoms with Gasteiger partial charge in [0.15, 0.2) is 0 Å². The Labute approximate surface area is 138 Å². The average molecular weight is 338 g/mol. The number of para-hydroxylation sites is 1. The lowest BCUT2D eigenvalue weighted by Crippen LogP contribution is -2.41. The number of carbonyl (C=O) groups is 1. The van der Waals surface area contributed by atoms with Crippen LogP contribution in [0, 0.1) is 5.92 Å². The summed E-state index contributed by atoms with van der Waals surface area (Å²) >= 11 is 7.22. The molecule has 0 unspecified atom stereocenters. The number of rotatable bonds is 4. The SMILES string of the molecule is O=C(c1cnns1)N1CCC[C@@H](COc2ccccc2Cl)C1. The number of hydrogen-bond acceptors (Lipinski definition) is 5. The average Bonchev–Trinajstić information content (AvgIpc) is 3.08. The van der Waals surface area contributed by atoms with E-state index in [0.717, 1.165) is 30.9 Å².